The highest BCUT2D eigenvalue weighted by atomic mass is 16.2. The minimum atomic E-state index is 0.112. The van der Waals surface area contributed by atoms with E-state index >= 15 is 0 Å². The molecule has 1 saturated heterocycles. The van der Waals surface area contributed by atoms with Crippen LogP contribution in [-0.4, -0.2) is 36.9 Å². The van der Waals surface area contributed by atoms with Crippen molar-refractivity contribution in [3.05, 3.63) is 35.4 Å². The van der Waals surface area contributed by atoms with E-state index in [0.29, 0.717) is 18.8 Å². The summed E-state index contributed by atoms with van der Waals surface area (Å²) in [6, 6.07) is 8.59. The van der Waals surface area contributed by atoms with Gasteiger partial charge in [-0.2, -0.15) is 0 Å². The van der Waals surface area contributed by atoms with E-state index in [1.165, 1.54) is 11.1 Å². The Bertz CT molecular complexity index is 603. The van der Waals surface area contributed by atoms with Gasteiger partial charge < -0.3 is 10.2 Å². The molecule has 1 atom stereocenters. The average Bonchev–Trinajstić information content (AvgIpc) is 2.88. The van der Waals surface area contributed by atoms with Crippen molar-refractivity contribution >= 4 is 11.8 Å². The Morgan fingerprint density at radius 3 is 2.61 bits per heavy atom. The third-order valence-electron chi connectivity index (χ3n) is 5.70. The zero-order chi connectivity index (χ0) is 16.4. The van der Waals surface area contributed by atoms with Gasteiger partial charge in [0.2, 0.25) is 11.8 Å². The Hall–Kier alpha value is -1.84. The smallest absolute Gasteiger partial charge is 0.222 e. The second-order valence-electron chi connectivity index (χ2n) is 6.88. The first-order chi connectivity index (χ1) is 11.1. The van der Waals surface area contributed by atoms with Crippen LogP contribution in [0.5, 0.6) is 0 Å². The predicted molar refractivity (Wildman–Crippen MR) is 90.3 cm³/mol. The van der Waals surface area contributed by atoms with Crippen LogP contribution in [0.3, 0.4) is 0 Å². The van der Waals surface area contributed by atoms with E-state index < -0.39 is 0 Å². The van der Waals surface area contributed by atoms with E-state index in [1.54, 1.807) is 7.05 Å². The molecule has 124 valence electrons. The number of amides is 2. The molecule has 1 N–H and O–H groups in total. The van der Waals surface area contributed by atoms with Crippen LogP contribution < -0.4 is 5.32 Å². The van der Waals surface area contributed by atoms with E-state index in [9.17, 15) is 9.59 Å². The number of fused-ring (bicyclic) bond motifs is 2. The number of likely N-dealkylation sites (tertiary alicyclic amines) is 1. The maximum absolute atomic E-state index is 11.9. The van der Waals surface area contributed by atoms with Crippen LogP contribution in [0.4, 0.5) is 0 Å². The number of rotatable bonds is 3. The van der Waals surface area contributed by atoms with Gasteiger partial charge in [-0.3, -0.25) is 9.59 Å². The highest BCUT2D eigenvalue weighted by Gasteiger charge is 2.45. The Kier molecular flexibility index (Phi) is 4.42. The van der Waals surface area contributed by atoms with Crippen LogP contribution in [0.2, 0.25) is 0 Å². The number of benzene rings is 1. The number of nitrogens with zero attached hydrogens (tertiary/aromatic N) is 1. The molecule has 1 aliphatic carbocycles. The number of nitrogens with one attached hydrogen (secondary N) is 1. The van der Waals surface area contributed by atoms with Crippen molar-refractivity contribution in [3.8, 4) is 0 Å². The summed E-state index contributed by atoms with van der Waals surface area (Å²) in [5, 5.41) is 2.75. The molecule has 1 spiro atoms. The van der Waals surface area contributed by atoms with Crippen LogP contribution in [0, 0.1) is 0 Å². The molecule has 0 saturated carbocycles. The summed E-state index contributed by atoms with van der Waals surface area (Å²) in [7, 11) is 1.70. The fourth-order valence-electron chi connectivity index (χ4n) is 4.42. The lowest BCUT2D eigenvalue weighted by molar-refractivity contribution is -0.132. The number of piperidine rings is 1. The summed E-state index contributed by atoms with van der Waals surface area (Å²) in [5.74, 6) is 0.674. The third-order valence-corrected chi connectivity index (χ3v) is 5.70. The lowest BCUT2D eigenvalue weighted by Gasteiger charge is -2.40. The molecular weight excluding hydrogens is 288 g/mol. The molecule has 4 nitrogen and oxygen atoms in total. The van der Waals surface area contributed by atoms with Crippen molar-refractivity contribution in [2.45, 2.75) is 50.4 Å². The molecule has 0 aromatic heterocycles. The van der Waals surface area contributed by atoms with Crippen molar-refractivity contribution < 1.29 is 9.59 Å². The standard InChI is InChI=1S/C19H26N2O2/c1-3-18(23)21-10-8-19(9-11-21)13-14(12-17(22)20-2)15-6-4-5-7-16(15)19/h4-7,14H,3,8-13H2,1-2H3,(H,20,22). The molecule has 1 unspecified atom stereocenters. The minimum Gasteiger partial charge on any atom is -0.359 e. The van der Waals surface area contributed by atoms with Crippen molar-refractivity contribution in [3.63, 3.8) is 0 Å². The molecule has 2 aliphatic rings. The first-order valence-electron chi connectivity index (χ1n) is 8.67. The summed E-state index contributed by atoms with van der Waals surface area (Å²) in [4.78, 5) is 25.8. The van der Waals surface area contributed by atoms with Gasteiger partial charge in [-0.05, 0) is 41.7 Å². The fourth-order valence-corrected chi connectivity index (χ4v) is 4.42. The second-order valence-corrected chi connectivity index (χ2v) is 6.88. The van der Waals surface area contributed by atoms with Crippen LogP contribution >= 0.6 is 0 Å². The van der Waals surface area contributed by atoms with Gasteiger partial charge in [0.1, 0.15) is 0 Å². The summed E-state index contributed by atoms with van der Waals surface area (Å²) in [6.07, 6.45) is 4.21. The minimum absolute atomic E-state index is 0.112. The van der Waals surface area contributed by atoms with E-state index in [-0.39, 0.29) is 17.2 Å². The first kappa shape index (κ1) is 16.0. The van der Waals surface area contributed by atoms with Crippen molar-refractivity contribution in [2.24, 2.45) is 0 Å². The van der Waals surface area contributed by atoms with Gasteiger partial charge in [-0.1, -0.05) is 31.2 Å². The van der Waals surface area contributed by atoms with Gasteiger partial charge in [0.05, 0.1) is 0 Å². The third kappa shape index (κ3) is 2.87. The molecule has 3 rings (SSSR count). The lowest BCUT2D eigenvalue weighted by atomic mass is 9.73. The second kappa shape index (κ2) is 6.34. The van der Waals surface area contributed by atoms with Gasteiger partial charge in [-0.25, -0.2) is 0 Å². The van der Waals surface area contributed by atoms with E-state index in [4.69, 9.17) is 0 Å². The zero-order valence-electron chi connectivity index (χ0n) is 14.1. The Balaban J connectivity index is 1.82. The SMILES string of the molecule is CCC(=O)N1CCC2(CC1)CC(CC(=O)NC)c1ccccc12. The molecular formula is C19H26N2O2. The highest BCUT2D eigenvalue weighted by molar-refractivity contribution is 5.77. The lowest BCUT2D eigenvalue weighted by Crippen LogP contribution is -2.44. The van der Waals surface area contributed by atoms with Crippen molar-refractivity contribution in [2.75, 3.05) is 20.1 Å². The summed E-state index contributed by atoms with van der Waals surface area (Å²) in [6.45, 7) is 3.61. The first-order valence-corrected chi connectivity index (χ1v) is 8.67. The van der Waals surface area contributed by atoms with Crippen molar-refractivity contribution in [1.29, 1.82) is 0 Å². The molecule has 0 radical (unpaired) electrons. The monoisotopic (exact) mass is 314 g/mol. The molecule has 4 heteroatoms. The van der Waals surface area contributed by atoms with Crippen LogP contribution in [0.1, 0.15) is 56.1 Å². The Morgan fingerprint density at radius 1 is 1.26 bits per heavy atom. The maximum Gasteiger partial charge on any atom is 0.222 e. The topological polar surface area (TPSA) is 49.4 Å². The van der Waals surface area contributed by atoms with Crippen LogP contribution in [0.15, 0.2) is 24.3 Å². The van der Waals surface area contributed by atoms with Gasteiger partial charge in [0.15, 0.2) is 0 Å². The quantitative estimate of drug-likeness (QED) is 0.932. The van der Waals surface area contributed by atoms with E-state index in [0.717, 1.165) is 32.4 Å². The summed E-state index contributed by atoms with van der Waals surface area (Å²) >= 11 is 0. The van der Waals surface area contributed by atoms with Gasteiger partial charge in [0.25, 0.3) is 0 Å². The number of hydrogen-bond donors (Lipinski definition) is 1. The molecule has 1 aromatic rings. The van der Waals surface area contributed by atoms with Crippen molar-refractivity contribution in [1.82, 2.24) is 10.2 Å². The van der Waals surface area contributed by atoms with Crippen LogP contribution in [0.25, 0.3) is 0 Å². The normalized spacial score (nSPS) is 22.0. The molecule has 1 aromatic carbocycles. The predicted octanol–water partition coefficient (Wildman–Crippen LogP) is 2.58. The number of hydrogen-bond acceptors (Lipinski definition) is 2. The molecule has 1 aliphatic heterocycles. The summed E-state index contributed by atoms with van der Waals surface area (Å²) < 4.78 is 0. The molecule has 1 heterocycles. The number of carbonyl (C=O) groups is 2. The highest BCUT2D eigenvalue weighted by Crippen LogP contribution is 2.52. The van der Waals surface area contributed by atoms with Crippen LogP contribution in [-0.2, 0) is 15.0 Å². The summed E-state index contributed by atoms with van der Waals surface area (Å²) in [5.41, 5.74) is 2.91. The zero-order valence-corrected chi connectivity index (χ0v) is 14.1. The Morgan fingerprint density at radius 2 is 1.96 bits per heavy atom. The fraction of sp³-hybridized carbons (Fsp3) is 0.579. The number of carbonyl (C=O) groups excluding carboxylic acids is 2. The Labute approximate surface area is 138 Å². The van der Waals surface area contributed by atoms with Gasteiger partial charge in [-0.15, -0.1) is 0 Å². The van der Waals surface area contributed by atoms with E-state index in [2.05, 4.69) is 29.6 Å². The molecule has 0 bridgehead atoms. The van der Waals surface area contributed by atoms with Gasteiger partial charge in [0, 0.05) is 33.0 Å². The van der Waals surface area contributed by atoms with Gasteiger partial charge >= 0.3 is 0 Å². The average molecular weight is 314 g/mol. The van der Waals surface area contributed by atoms with E-state index in [1.807, 2.05) is 11.8 Å². The molecule has 23 heavy (non-hydrogen) atoms. The molecule has 1 fully saturated rings. The maximum atomic E-state index is 11.9. The largest absolute Gasteiger partial charge is 0.359 e. The molecule has 2 amide bonds.